The highest BCUT2D eigenvalue weighted by Gasteiger charge is 2.63. The number of nitrogens with zero attached hydrogens (tertiary/aromatic N) is 1. The van der Waals surface area contributed by atoms with Crippen molar-refractivity contribution in [2.45, 2.75) is 51.3 Å². The lowest BCUT2D eigenvalue weighted by Crippen LogP contribution is -2.32. The van der Waals surface area contributed by atoms with E-state index in [-0.39, 0.29) is 16.6 Å². The van der Waals surface area contributed by atoms with E-state index in [1.165, 1.54) is 0 Å². The standard InChI is InChI=1S/C21H27NO3S/c1-20(2)18-10-11-21(20,3)19(23)17(18)14-15-6-8-16(9-7-15)26(24,25)22-12-4-5-13-22/h6-9,14,18H,4-5,10-13H2,1-3H3/b17-14+/t18-,21-/m0/s1. The number of hydrogen-bond donors (Lipinski definition) is 0. The second kappa shape index (κ2) is 5.77. The molecule has 2 bridgehead atoms. The van der Waals surface area contributed by atoms with E-state index in [0.29, 0.717) is 23.9 Å². The van der Waals surface area contributed by atoms with Gasteiger partial charge in [-0.1, -0.05) is 32.9 Å². The van der Waals surface area contributed by atoms with Crippen molar-refractivity contribution >= 4 is 21.9 Å². The van der Waals surface area contributed by atoms with Gasteiger partial charge in [0.25, 0.3) is 0 Å². The summed E-state index contributed by atoms with van der Waals surface area (Å²) in [5.74, 6) is 0.570. The van der Waals surface area contributed by atoms with Crippen molar-refractivity contribution in [3.05, 3.63) is 35.4 Å². The second-order valence-electron chi connectivity index (χ2n) is 8.75. The molecule has 1 saturated heterocycles. The Balaban J connectivity index is 1.63. The molecule has 0 N–H and O–H groups in total. The van der Waals surface area contributed by atoms with Crippen LogP contribution in [0, 0.1) is 16.7 Å². The normalized spacial score (nSPS) is 32.7. The Labute approximate surface area is 156 Å². The fourth-order valence-electron chi connectivity index (χ4n) is 5.09. The molecular weight excluding hydrogens is 346 g/mol. The number of fused-ring (bicyclic) bond motifs is 2. The maximum atomic E-state index is 12.9. The minimum atomic E-state index is -3.38. The first-order valence-corrected chi connectivity index (χ1v) is 11.0. The zero-order valence-corrected chi connectivity index (χ0v) is 16.6. The summed E-state index contributed by atoms with van der Waals surface area (Å²) in [7, 11) is -3.38. The Morgan fingerprint density at radius 2 is 1.69 bits per heavy atom. The predicted octanol–water partition coefficient (Wildman–Crippen LogP) is 3.88. The lowest BCUT2D eigenvalue weighted by molar-refractivity contribution is -0.125. The van der Waals surface area contributed by atoms with Crippen LogP contribution >= 0.6 is 0 Å². The van der Waals surface area contributed by atoms with Gasteiger partial charge in [0.15, 0.2) is 5.78 Å². The van der Waals surface area contributed by atoms with E-state index in [1.807, 2.05) is 18.2 Å². The number of allylic oxidation sites excluding steroid dienone is 1. The lowest BCUT2D eigenvalue weighted by atomic mass is 9.70. The maximum Gasteiger partial charge on any atom is 0.243 e. The van der Waals surface area contributed by atoms with Crippen LogP contribution in [0.2, 0.25) is 0 Å². The summed E-state index contributed by atoms with van der Waals surface area (Å²) in [4.78, 5) is 13.3. The van der Waals surface area contributed by atoms with E-state index in [4.69, 9.17) is 0 Å². The van der Waals surface area contributed by atoms with Crippen LogP contribution in [-0.4, -0.2) is 31.6 Å². The Bertz CT molecular complexity index is 876. The highest BCUT2D eigenvalue weighted by molar-refractivity contribution is 7.89. The van der Waals surface area contributed by atoms with E-state index >= 15 is 0 Å². The molecule has 0 amide bonds. The molecule has 3 fully saturated rings. The highest BCUT2D eigenvalue weighted by Crippen LogP contribution is 2.65. The van der Waals surface area contributed by atoms with Crippen LogP contribution in [0.4, 0.5) is 0 Å². The molecule has 5 heteroatoms. The Morgan fingerprint density at radius 3 is 2.23 bits per heavy atom. The van der Waals surface area contributed by atoms with Crippen LogP contribution in [-0.2, 0) is 14.8 Å². The van der Waals surface area contributed by atoms with Crippen molar-refractivity contribution in [1.29, 1.82) is 0 Å². The molecule has 2 saturated carbocycles. The number of sulfonamides is 1. The van der Waals surface area contributed by atoms with Crippen LogP contribution < -0.4 is 0 Å². The summed E-state index contributed by atoms with van der Waals surface area (Å²) in [6.07, 6.45) is 5.87. The molecule has 4 nitrogen and oxygen atoms in total. The molecular formula is C21H27NO3S. The molecule has 0 spiro atoms. The van der Waals surface area contributed by atoms with Crippen molar-refractivity contribution in [1.82, 2.24) is 4.31 Å². The van der Waals surface area contributed by atoms with Gasteiger partial charge in [-0.3, -0.25) is 4.79 Å². The van der Waals surface area contributed by atoms with E-state index in [0.717, 1.165) is 36.8 Å². The smallest absolute Gasteiger partial charge is 0.243 e. The van der Waals surface area contributed by atoms with Crippen LogP contribution in [0.5, 0.6) is 0 Å². The molecule has 26 heavy (non-hydrogen) atoms. The van der Waals surface area contributed by atoms with Crippen molar-refractivity contribution in [2.24, 2.45) is 16.7 Å². The van der Waals surface area contributed by atoms with Gasteiger partial charge in [0.2, 0.25) is 10.0 Å². The van der Waals surface area contributed by atoms with Crippen molar-refractivity contribution in [3.8, 4) is 0 Å². The number of Topliss-reactive ketones (excluding diaryl/α,β-unsaturated/α-hetero) is 1. The van der Waals surface area contributed by atoms with Crippen LogP contribution in [0.1, 0.15) is 52.0 Å². The first-order chi connectivity index (χ1) is 12.2. The molecule has 0 radical (unpaired) electrons. The van der Waals surface area contributed by atoms with Crippen LogP contribution in [0.15, 0.2) is 34.7 Å². The fourth-order valence-corrected chi connectivity index (χ4v) is 6.60. The predicted molar refractivity (Wildman–Crippen MR) is 102 cm³/mol. The van der Waals surface area contributed by atoms with Gasteiger partial charge in [0.05, 0.1) is 4.90 Å². The number of rotatable bonds is 3. The molecule has 1 aliphatic heterocycles. The quantitative estimate of drug-likeness (QED) is 0.756. The zero-order chi connectivity index (χ0) is 18.7. The average molecular weight is 374 g/mol. The minimum absolute atomic E-state index is 0.00501. The van der Waals surface area contributed by atoms with Gasteiger partial charge in [-0.15, -0.1) is 0 Å². The van der Waals surface area contributed by atoms with E-state index < -0.39 is 10.0 Å². The van der Waals surface area contributed by atoms with E-state index in [1.54, 1.807) is 16.4 Å². The highest BCUT2D eigenvalue weighted by atomic mass is 32.2. The Morgan fingerprint density at radius 1 is 1.08 bits per heavy atom. The van der Waals surface area contributed by atoms with Crippen LogP contribution in [0.25, 0.3) is 6.08 Å². The summed E-state index contributed by atoms with van der Waals surface area (Å²) >= 11 is 0. The zero-order valence-electron chi connectivity index (χ0n) is 15.8. The maximum absolute atomic E-state index is 12.9. The van der Waals surface area contributed by atoms with Gasteiger partial charge in [0.1, 0.15) is 0 Å². The SMILES string of the molecule is CC1(C)[C@H]2CC[C@@]1(C)C(=O)/C2=C/c1ccc(S(=O)(=O)N2CCCC2)cc1. The summed E-state index contributed by atoms with van der Waals surface area (Å²) in [5.41, 5.74) is 1.55. The number of carbonyl (C=O) groups is 1. The molecule has 2 aliphatic carbocycles. The summed E-state index contributed by atoms with van der Waals surface area (Å²) in [6, 6.07) is 6.99. The third kappa shape index (κ3) is 2.36. The summed E-state index contributed by atoms with van der Waals surface area (Å²) in [6.45, 7) is 7.72. The third-order valence-corrected chi connectivity index (χ3v) is 9.18. The van der Waals surface area contributed by atoms with Gasteiger partial charge in [-0.2, -0.15) is 4.31 Å². The Kier molecular flexibility index (Phi) is 3.98. The topological polar surface area (TPSA) is 54.5 Å². The first kappa shape index (κ1) is 17.9. The van der Waals surface area contributed by atoms with Gasteiger partial charge in [0, 0.05) is 18.5 Å². The molecule has 0 aromatic heterocycles. The number of benzene rings is 1. The largest absolute Gasteiger partial charge is 0.294 e. The molecule has 2 atom stereocenters. The summed E-state index contributed by atoms with van der Waals surface area (Å²) < 4.78 is 26.8. The van der Waals surface area contributed by atoms with Crippen molar-refractivity contribution < 1.29 is 13.2 Å². The van der Waals surface area contributed by atoms with E-state index in [9.17, 15) is 13.2 Å². The third-order valence-electron chi connectivity index (χ3n) is 7.27. The molecule has 4 rings (SSSR count). The van der Waals surface area contributed by atoms with Crippen molar-refractivity contribution in [2.75, 3.05) is 13.1 Å². The van der Waals surface area contributed by atoms with Gasteiger partial charge < -0.3 is 0 Å². The van der Waals surface area contributed by atoms with E-state index in [2.05, 4.69) is 20.8 Å². The van der Waals surface area contributed by atoms with Crippen molar-refractivity contribution in [3.63, 3.8) is 0 Å². The lowest BCUT2D eigenvalue weighted by Gasteiger charge is -2.31. The molecule has 1 heterocycles. The second-order valence-corrected chi connectivity index (χ2v) is 10.7. The number of hydrogen-bond acceptors (Lipinski definition) is 3. The minimum Gasteiger partial charge on any atom is -0.294 e. The molecule has 1 aromatic carbocycles. The summed E-state index contributed by atoms with van der Waals surface area (Å²) in [5, 5.41) is 0. The molecule has 3 aliphatic rings. The monoisotopic (exact) mass is 373 g/mol. The molecule has 140 valence electrons. The number of ketones is 1. The average Bonchev–Trinajstić information content (AvgIpc) is 3.24. The Hall–Kier alpha value is -1.46. The van der Waals surface area contributed by atoms with Gasteiger partial charge >= 0.3 is 0 Å². The molecule has 0 unspecified atom stereocenters. The van der Waals surface area contributed by atoms with Crippen LogP contribution in [0.3, 0.4) is 0 Å². The van der Waals surface area contributed by atoms with Gasteiger partial charge in [-0.05, 0) is 66.4 Å². The van der Waals surface area contributed by atoms with Gasteiger partial charge in [-0.25, -0.2) is 8.42 Å². The number of carbonyl (C=O) groups excluding carboxylic acids is 1. The fraction of sp³-hybridized carbons (Fsp3) is 0.571. The molecule has 1 aromatic rings. The first-order valence-electron chi connectivity index (χ1n) is 9.54.